The maximum Gasteiger partial charge on any atom is 0.322 e. The third-order valence-corrected chi connectivity index (χ3v) is 4.90. The van der Waals surface area contributed by atoms with Gasteiger partial charge in [0, 0.05) is 23.7 Å². The second kappa shape index (κ2) is 6.58. The van der Waals surface area contributed by atoms with Gasteiger partial charge in [-0.3, -0.25) is 0 Å². The Hall–Kier alpha value is -1.72. The molecule has 1 aliphatic heterocycles. The van der Waals surface area contributed by atoms with E-state index in [0.717, 1.165) is 13.0 Å². The summed E-state index contributed by atoms with van der Waals surface area (Å²) in [6.45, 7) is 3.86. The maximum atomic E-state index is 12.4. The quantitative estimate of drug-likeness (QED) is 0.903. The first kappa shape index (κ1) is 15.2. The number of fused-ring (bicyclic) bond motifs is 1. The molecule has 6 heteroatoms. The fraction of sp³-hybridized carbons (Fsp3) is 0.312. The highest BCUT2D eigenvalue weighted by atomic mass is 35.5. The van der Waals surface area contributed by atoms with Crippen LogP contribution in [0.15, 0.2) is 29.6 Å². The van der Waals surface area contributed by atoms with Crippen molar-refractivity contribution < 1.29 is 9.53 Å². The molecule has 0 saturated carbocycles. The molecule has 0 saturated heterocycles. The zero-order chi connectivity index (χ0) is 15.5. The number of carbonyl (C=O) groups is 1. The molecule has 2 amide bonds. The highest BCUT2D eigenvalue weighted by Gasteiger charge is 2.21. The molecule has 3 rings (SSSR count). The highest BCUT2D eigenvalue weighted by molar-refractivity contribution is 7.10. The van der Waals surface area contributed by atoms with Crippen molar-refractivity contribution in [3.8, 4) is 5.75 Å². The summed E-state index contributed by atoms with van der Waals surface area (Å²) in [6.07, 6.45) is 0.921. The van der Waals surface area contributed by atoms with E-state index in [-0.39, 0.29) is 6.03 Å². The first-order valence-electron chi connectivity index (χ1n) is 7.21. The number of ether oxygens (including phenoxy) is 1. The Morgan fingerprint density at radius 3 is 3.09 bits per heavy atom. The van der Waals surface area contributed by atoms with E-state index in [1.807, 2.05) is 11.8 Å². The molecule has 1 aromatic heterocycles. The number of hydrogen-bond acceptors (Lipinski definition) is 3. The molecule has 2 heterocycles. The zero-order valence-electron chi connectivity index (χ0n) is 12.3. The van der Waals surface area contributed by atoms with Gasteiger partial charge in [0.2, 0.25) is 0 Å². The van der Waals surface area contributed by atoms with Crippen molar-refractivity contribution in [2.24, 2.45) is 0 Å². The van der Waals surface area contributed by atoms with E-state index < -0.39 is 0 Å². The van der Waals surface area contributed by atoms with Crippen molar-refractivity contribution in [2.45, 2.75) is 19.9 Å². The molecule has 1 aromatic carbocycles. The molecular formula is C16H17ClN2O2S. The van der Waals surface area contributed by atoms with E-state index in [1.54, 1.807) is 29.5 Å². The summed E-state index contributed by atoms with van der Waals surface area (Å²) in [5, 5.41) is 5.48. The largest absolute Gasteiger partial charge is 0.492 e. The molecule has 116 valence electrons. The lowest BCUT2D eigenvalue weighted by molar-refractivity contribution is 0.207. The van der Waals surface area contributed by atoms with Crippen LogP contribution in [-0.4, -0.2) is 24.1 Å². The number of nitrogens with one attached hydrogen (secondary N) is 1. The number of anilines is 1. The van der Waals surface area contributed by atoms with E-state index in [2.05, 4.69) is 16.8 Å². The molecule has 0 aliphatic carbocycles. The fourth-order valence-electron chi connectivity index (χ4n) is 2.48. The number of nitrogens with zero attached hydrogens (tertiary/aromatic N) is 1. The summed E-state index contributed by atoms with van der Waals surface area (Å²) in [4.78, 5) is 15.6. The second-order valence-electron chi connectivity index (χ2n) is 5.05. The van der Waals surface area contributed by atoms with Crippen LogP contribution in [0.2, 0.25) is 5.02 Å². The molecule has 0 radical (unpaired) electrons. The van der Waals surface area contributed by atoms with Crippen molar-refractivity contribution in [2.75, 3.05) is 18.5 Å². The molecular weight excluding hydrogens is 320 g/mol. The van der Waals surface area contributed by atoms with Crippen LogP contribution in [0.1, 0.15) is 17.4 Å². The average Bonchev–Trinajstić information content (AvgIpc) is 2.97. The lowest BCUT2D eigenvalue weighted by Crippen LogP contribution is -2.38. The van der Waals surface area contributed by atoms with Crippen molar-refractivity contribution in [3.05, 3.63) is 45.1 Å². The Bertz CT molecular complexity index is 687. The van der Waals surface area contributed by atoms with Crippen molar-refractivity contribution in [1.82, 2.24) is 4.90 Å². The number of urea groups is 1. The summed E-state index contributed by atoms with van der Waals surface area (Å²) < 4.78 is 5.39. The van der Waals surface area contributed by atoms with Crippen LogP contribution in [0.25, 0.3) is 0 Å². The molecule has 1 aliphatic rings. The first-order valence-corrected chi connectivity index (χ1v) is 8.46. The van der Waals surface area contributed by atoms with Crippen LogP contribution in [0.3, 0.4) is 0 Å². The Balaban J connectivity index is 1.66. The van der Waals surface area contributed by atoms with Gasteiger partial charge < -0.3 is 15.0 Å². The number of benzene rings is 1. The minimum atomic E-state index is -0.0999. The fourth-order valence-corrected chi connectivity index (χ4v) is 3.60. The maximum absolute atomic E-state index is 12.4. The van der Waals surface area contributed by atoms with Gasteiger partial charge in [-0.05, 0) is 48.6 Å². The molecule has 0 spiro atoms. The van der Waals surface area contributed by atoms with Crippen LogP contribution < -0.4 is 10.1 Å². The summed E-state index contributed by atoms with van der Waals surface area (Å²) in [5.41, 5.74) is 1.92. The van der Waals surface area contributed by atoms with Gasteiger partial charge >= 0.3 is 6.03 Å². The Morgan fingerprint density at radius 1 is 1.45 bits per heavy atom. The Labute approximate surface area is 138 Å². The number of hydrogen-bond donors (Lipinski definition) is 1. The second-order valence-corrected chi connectivity index (χ2v) is 6.46. The standard InChI is InChI=1S/C16H17ClN2O2S/c1-2-21-14-4-3-12(9-13(14)17)18-16(20)19-7-5-15-11(10-19)6-8-22-15/h3-4,6,8-9H,2,5,7,10H2,1H3,(H,18,20). The highest BCUT2D eigenvalue weighted by Crippen LogP contribution is 2.28. The van der Waals surface area contributed by atoms with Gasteiger partial charge in [0.15, 0.2) is 0 Å². The van der Waals surface area contributed by atoms with Gasteiger partial charge in [-0.1, -0.05) is 11.6 Å². The lowest BCUT2D eigenvalue weighted by Gasteiger charge is -2.27. The minimum Gasteiger partial charge on any atom is -0.492 e. The zero-order valence-corrected chi connectivity index (χ0v) is 13.8. The Morgan fingerprint density at radius 2 is 2.32 bits per heavy atom. The third kappa shape index (κ3) is 3.20. The first-order chi connectivity index (χ1) is 10.7. The molecule has 0 fully saturated rings. The van der Waals surface area contributed by atoms with Gasteiger partial charge in [-0.25, -0.2) is 4.79 Å². The van der Waals surface area contributed by atoms with Gasteiger partial charge in [0.25, 0.3) is 0 Å². The van der Waals surface area contributed by atoms with E-state index in [9.17, 15) is 4.79 Å². The smallest absolute Gasteiger partial charge is 0.322 e. The number of carbonyl (C=O) groups excluding carboxylic acids is 1. The summed E-state index contributed by atoms with van der Waals surface area (Å²) >= 11 is 7.90. The predicted octanol–water partition coefficient (Wildman–Crippen LogP) is 4.39. The number of thiophene rings is 1. The molecule has 0 atom stereocenters. The minimum absolute atomic E-state index is 0.0999. The van der Waals surface area contributed by atoms with Crippen LogP contribution in [0, 0.1) is 0 Å². The van der Waals surface area contributed by atoms with Gasteiger partial charge in [-0.2, -0.15) is 0 Å². The van der Waals surface area contributed by atoms with Crippen LogP contribution >= 0.6 is 22.9 Å². The van der Waals surface area contributed by atoms with Gasteiger partial charge in [0.05, 0.1) is 11.6 Å². The van der Waals surface area contributed by atoms with Crippen LogP contribution in [0.4, 0.5) is 10.5 Å². The molecule has 1 N–H and O–H groups in total. The van der Waals surface area contributed by atoms with E-state index >= 15 is 0 Å². The molecule has 4 nitrogen and oxygen atoms in total. The van der Waals surface area contributed by atoms with E-state index in [4.69, 9.17) is 16.3 Å². The summed E-state index contributed by atoms with van der Waals surface area (Å²) in [6, 6.07) is 7.28. The van der Waals surface area contributed by atoms with Gasteiger partial charge in [-0.15, -0.1) is 11.3 Å². The monoisotopic (exact) mass is 336 g/mol. The number of halogens is 1. The molecule has 2 aromatic rings. The SMILES string of the molecule is CCOc1ccc(NC(=O)N2CCc3sccc3C2)cc1Cl. The topological polar surface area (TPSA) is 41.6 Å². The van der Waals surface area contributed by atoms with E-state index in [1.165, 1.54) is 10.4 Å². The van der Waals surface area contributed by atoms with Crippen molar-refractivity contribution in [3.63, 3.8) is 0 Å². The number of amides is 2. The van der Waals surface area contributed by atoms with Crippen LogP contribution in [0.5, 0.6) is 5.75 Å². The summed E-state index contributed by atoms with van der Waals surface area (Å²) in [7, 11) is 0. The van der Waals surface area contributed by atoms with Crippen molar-refractivity contribution >= 4 is 34.7 Å². The van der Waals surface area contributed by atoms with Crippen LogP contribution in [-0.2, 0) is 13.0 Å². The predicted molar refractivity (Wildman–Crippen MR) is 90.1 cm³/mol. The normalized spacial score (nSPS) is 13.6. The Kier molecular flexibility index (Phi) is 4.55. The molecule has 0 bridgehead atoms. The summed E-state index contributed by atoms with van der Waals surface area (Å²) in [5.74, 6) is 0.628. The lowest BCUT2D eigenvalue weighted by atomic mass is 10.1. The third-order valence-electron chi connectivity index (χ3n) is 3.58. The van der Waals surface area contributed by atoms with E-state index in [0.29, 0.717) is 29.6 Å². The number of rotatable bonds is 3. The van der Waals surface area contributed by atoms with Crippen molar-refractivity contribution in [1.29, 1.82) is 0 Å². The average molecular weight is 337 g/mol. The van der Waals surface area contributed by atoms with Gasteiger partial charge in [0.1, 0.15) is 5.75 Å². The molecule has 22 heavy (non-hydrogen) atoms. The molecule has 0 unspecified atom stereocenters.